The lowest BCUT2D eigenvalue weighted by atomic mass is 10.2. The summed E-state index contributed by atoms with van der Waals surface area (Å²) in [6, 6.07) is 7.18. The highest BCUT2D eigenvalue weighted by molar-refractivity contribution is 6.04. The summed E-state index contributed by atoms with van der Waals surface area (Å²) in [5.74, 6) is 0.187. The highest BCUT2D eigenvalue weighted by Gasteiger charge is 2.12. The van der Waals surface area contributed by atoms with Crippen LogP contribution < -0.4 is 10.6 Å². The summed E-state index contributed by atoms with van der Waals surface area (Å²) in [5.41, 5.74) is 3.15. The maximum Gasteiger partial charge on any atom is 0.258 e. The Morgan fingerprint density at radius 3 is 2.39 bits per heavy atom. The van der Waals surface area contributed by atoms with Crippen molar-refractivity contribution in [3.63, 3.8) is 0 Å². The van der Waals surface area contributed by atoms with Crippen LogP contribution >= 0.6 is 0 Å². The SMILES string of the molecule is CNc1ccc(C(=O)Nc2onc(C)c2C)cc1. The van der Waals surface area contributed by atoms with Crippen molar-refractivity contribution in [3.05, 3.63) is 41.1 Å². The van der Waals surface area contributed by atoms with E-state index >= 15 is 0 Å². The lowest BCUT2D eigenvalue weighted by Gasteiger charge is -2.04. The molecule has 2 aromatic rings. The van der Waals surface area contributed by atoms with Crippen molar-refractivity contribution in [3.8, 4) is 0 Å². The number of benzene rings is 1. The van der Waals surface area contributed by atoms with E-state index < -0.39 is 0 Å². The first-order chi connectivity index (χ1) is 8.61. The Balaban J connectivity index is 2.14. The monoisotopic (exact) mass is 245 g/mol. The second-order valence-corrected chi connectivity index (χ2v) is 4.00. The number of nitrogens with zero attached hydrogens (tertiary/aromatic N) is 1. The molecule has 0 aliphatic carbocycles. The summed E-state index contributed by atoms with van der Waals surface area (Å²) in [4.78, 5) is 12.0. The Kier molecular flexibility index (Phi) is 3.32. The third kappa shape index (κ3) is 2.34. The third-order valence-electron chi connectivity index (χ3n) is 2.82. The third-order valence-corrected chi connectivity index (χ3v) is 2.82. The average molecular weight is 245 g/mol. The lowest BCUT2D eigenvalue weighted by molar-refractivity contribution is 0.102. The molecule has 0 fully saturated rings. The standard InChI is InChI=1S/C13H15N3O2/c1-8-9(2)16-18-13(8)15-12(17)10-4-6-11(14-3)7-5-10/h4-7,14H,1-3H3,(H,15,17). The molecule has 1 aromatic heterocycles. The molecule has 2 rings (SSSR count). The molecule has 0 radical (unpaired) electrons. The van der Waals surface area contributed by atoms with Gasteiger partial charge in [0.2, 0.25) is 5.88 Å². The average Bonchev–Trinajstić information content (AvgIpc) is 2.71. The van der Waals surface area contributed by atoms with Gasteiger partial charge in [-0.15, -0.1) is 0 Å². The number of amides is 1. The first-order valence-electron chi connectivity index (χ1n) is 5.64. The van der Waals surface area contributed by atoms with Gasteiger partial charge in [0.15, 0.2) is 0 Å². The van der Waals surface area contributed by atoms with Crippen LogP contribution in [-0.4, -0.2) is 18.1 Å². The minimum absolute atomic E-state index is 0.211. The van der Waals surface area contributed by atoms with Gasteiger partial charge in [0.05, 0.1) is 5.69 Å². The zero-order chi connectivity index (χ0) is 13.1. The Morgan fingerprint density at radius 2 is 1.89 bits per heavy atom. The van der Waals surface area contributed by atoms with E-state index in [2.05, 4.69) is 15.8 Å². The molecule has 0 unspecified atom stereocenters. The van der Waals surface area contributed by atoms with E-state index in [1.165, 1.54) is 0 Å². The zero-order valence-electron chi connectivity index (χ0n) is 10.6. The molecule has 0 saturated carbocycles. The second kappa shape index (κ2) is 4.91. The zero-order valence-corrected chi connectivity index (χ0v) is 10.6. The first-order valence-corrected chi connectivity index (χ1v) is 5.64. The number of hydrogen-bond acceptors (Lipinski definition) is 4. The van der Waals surface area contributed by atoms with E-state index in [1.54, 1.807) is 12.1 Å². The van der Waals surface area contributed by atoms with Gasteiger partial charge in [0.25, 0.3) is 5.91 Å². The highest BCUT2D eigenvalue weighted by atomic mass is 16.5. The molecule has 5 nitrogen and oxygen atoms in total. The van der Waals surface area contributed by atoms with Gasteiger partial charge < -0.3 is 9.84 Å². The molecule has 1 aromatic carbocycles. The van der Waals surface area contributed by atoms with Crippen molar-refractivity contribution in [1.29, 1.82) is 0 Å². The molecule has 0 spiro atoms. The molecular weight excluding hydrogens is 230 g/mol. The minimum atomic E-state index is -0.211. The van der Waals surface area contributed by atoms with E-state index in [0.29, 0.717) is 11.4 Å². The number of anilines is 2. The van der Waals surface area contributed by atoms with Gasteiger partial charge in [0, 0.05) is 23.9 Å². The molecule has 0 saturated heterocycles. The van der Waals surface area contributed by atoms with Gasteiger partial charge in [-0.1, -0.05) is 5.16 Å². The molecule has 0 aliphatic heterocycles. The fraction of sp³-hybridized carbons (Fsp3) is 0.231. The van der Waals surface area contributed by atoms with E-state index in [4.69, 9.17) is 4.52 Å². The number of rotatable bonds is 3. The summed E-state index contributed by atoms with van der Waals surface area (Å²) in [6.45, 7) is 3.68. The van der Waals surface area contributed by atoms with Gasteiger partial charge in [-0.25, -0.2) is 0 Å². The fourth-order valence-electron chi connectivity index (χ4n) is 1.50. The molecule has 2 N–H and O–H groups in total. The van der Waals surface area contributed by atoms with Gasteiger partial charge in [-0.3, -0.25) is 10.1 Å². The molecule has 1 amide bonds. The number of hydrogen-bond donors (Lipinski definition) is 2. The van der Waals surface area contributed by atoms with Gasteiger partial charge in [0.1, 0.15) is 0 Å². The summed E-state index contributed by atoms with van der Waals surface area (Å²) in [6.07, 6.45) is 0. The maximum absolute atomic E-state index is 12.0. The molecule has 5 heteroatoms. The van der Waals surface area contributed by atoms with E-state index in [-0.39, 0.29) is 5.91 Å². The largest absolute Gasteiger partial charge is 0.388 e. The van der Waals surface area contributed by atoms with Crippen molar-refractivity contribution in [2.75, 3.05) is 17.7 Å². The Labute approximate surface area is 105 Å². The molecule has 0 aliphatic rings. The van der Waals surface area contributed by atoms with Crippen LogP contribution in [0.25, 0.3) is 0 Å². The Morgan fingerprint density at radius 1 is 1.22 bits per heavy atom. The van der Waals surface area contributed by atoms with Crippen molar-refractivity contribution < 1.29 is 9.32 Å². The number of carbonyl (C=O) groups is 1. The van der Waals surface area contributed by atoms with Crippen LogP contribution in [0, 0.1) is 13.8 Å². The number of carbonyl (C=O) groups excluding carboxylic acids is 1. The van der Waals surface area contributed by atoms with Gasteiger partial charge in [-0.05, 0) is 38.1 Å². The summed E-state index contributed by atoms with van der Waals surface area (Å²) < 4.78 is 5.04. The summed E-state index contributed by atoms with van der Waals surface area (Å²) in [7, 11) is 1.83. The molecule has 0 atom stereocenters. The van der Waals surface area contributed by atoms with E-state index in [1.807, 2.05) is 33.0 Å². The number of aryl methyl sites for hydroxylation is 1. The maximum atomic E-state index is 12.0. The first kappa shape index (κ1) is 12.2. The van der Waals surface area contributed by atoms with Crippen LogP contribution in [0.3, 0.4) is 0 Å². The number of aromatic nitrogens is 1. The molecule has 1 heterocycles. The smallest absolute Gasteiger partial charge is 0.258 e. The Bertz CT molecular complexity index is 558. The predicted octanol–water partition coefficient (Wildman–Crippen LogP) is 2.59. The van der Waals surface area contributed by atoms with Crippen molar-refractivity contribution >= 4 is 17.5 Å². The highest BCUT2D eigenvalue weighted by Crippen LogP contribution is 2.18. The second-order valence-electron chi connectivity index (χ2n) is 4.00. The van der Waals surface area contributed by atoms with Crippen LogP contribution in [0.5, 0.6) is 0 Å². The van der Waals surface area contributed by atoms with Crippen LogP contribution in [-0.2, 0) is 0 Å². The molecule has 0 bridgehead atoms. The van der Waals surface area contributed by atoms with Crippen LogP contribution in [0.4, 0.5) is 11.6 Å². The topological polar surface area (TPSA) is 67.2 Å². The van der Waals surface area contributed by atoms with Crippen LogP contribution in [0.1, 0.15) is 21.6 Å². The van der Waals surface area contributed by atoms with Crippen LogP contribution in [0.15, 0.2) is 28.8 Å². The van der Waals surface area contributed by atoms with Gasteiger partial charge >= 0.3 is 0 Å². The van der Waals surface area contributed by atoms with Crippen LogP contribution in [0.2, 0.25) is 0 Å². The number of nitrogens with one attached hydrogen (secondary N) is 2. The predicted molar refractivity (Wildman–Crippen MR) is 69.9 cm³/mol. The minimum Gasteiger partial charge on any atom is -0.388 e. The quantitative estimate of drug-likeness (QED) is 0.872. The molecule has 18 heavy (non-hydrogen) atoms. The van der Waals surface area contributed by atoms with Crippen molar-refractivity contribution in [2.45, 2.75) is 13.8 Å². The lowest BCUT2D eigenvalue weighted by Crippen LogP contribution is -2.12. The van der Waals surface area contributed by atoms with Crippen molar-refractivity contribution in [2.24, 2.45) is 0 Å². The van der Waals surface area contributed by atoms with E-state index in [0.717, 1.165) is 16.9 Å². The van der Waals surface area contributed by atoms with Crippen molar-refractivity contribution in [1.82, 2.24) is 5.16 Å². The summed E-state index contributed by atoms with van der Waals surface area (Å²) >= 11 is 0. The molecule has 94 valence electrons. The van der Waals surface area contributed by atoms with Gasteiger partial charge in [-0.2, -0.15) is 0 Å². The summed E-state index contributed by atoms with van der Waals surface area (Å²) in [5, 5.41) is 9.48. The fourth-order valence-corrected chi connectivity index (χ4v) is 1.50. The van der Waals surface area contributed by atoms with E-state index in [9.17, 15) is 4.79 Å². The Hall–Kier alpha value is -2.30. The normalized spacial score (nSPS) is 10.2. The molecular formula is C13H15N3O2.